The van der Waals surface area contributed by atoms with E-state index in [9.17, 15) is 14.0 Å². The summed E-state index contributed by atoms with van der Waals surface area (Å²) >= 11 is 5.75. The summed E-state index contributed by atoms with van der Waals surface area (Å²) in [7, 11) is 0. The van der Waals surface area contributed by atoms with E-state index in [0.29, 0.717) is 32.2 Å². The fourth-order valence-electron chi connectivity index (χ4n) is 4.12. The summed E-state index contributed by atoms with van der Waals surface area (Å²) in [6.07, 6.45) is 0.996. The van der Waals surface area contributed by atoms with Crippen molar-refractivity contribution in [1.82, 2.24) is 26.0 Å². The third-order valence-electron chi connectivity index (χ3n) is 5.69. The van der Waals surface area contributed by atoms with Gasteiger partial charge in [-0.1, -0.05) is 11.6 Å². The average molecular weight is 432 g/mol. The van der Waals surface area contributed by atoms with Gasteiger partial charge in [0, 0.05) is 49.7 Å². The van der Waals surface area contributed by atoms with Gasteiger partial charge in [0.05, 0.1) is 5.56 Å². The fraction of sp³-hybridized carbons (Fsp3) is 0.556. The van der Waals surface area contributed by atoms with Crippen LogP contribution in [0.4, 0.5) is 4.39 Å². The van der Waals surface area contributed by atoms with Gasteiger partial charge in [-0.05, 0) is 31.2 Å². The number of hydrogen-bond donors (Lipinski definition) is 3. The minimum Gasteiger partial charge on any atom is -0.338 e. The summed E-state index contributed by atoms with van der Waals surface area (Å²) in [4.78, 5) is 28.8. The largest absolute Gasteiger partial charge is 0.338 e. The van der Waals surface area contributed by atoms with Gasteiger partial charge in [0.15, 0.2) is 0 Å². The van der Waals surface area contributed by atoms with Gasteiger partial charge in [0.25, 0.3) is 5.91 Å². The molecule has 2 amide bonds. The Kier molecular flexibility index (Phi) is 6.77. The van der Waals surface area contributed by atoms with E-state index in [0.717, 1.165) is 25.6 Å². The Morgan fingerprint density at radius 2 is 1.82 bits per heavy atom. The number of rotatable bonds is 2. The lowest BCUT2D eigenvalue weighted by atomic mass is 9.89. The van der Waals surface area contributed by atoms with Crippen LogP contribution in [-0.4, -0.2) is 73.0 Å². The van der Waals surface area contributed by atoms with Gasteiger partial charge in [-0.3, -0.25) is 15.0 Å². The predicted molar refractivity (Wildman–Crippen MR) is 106 cm³/mol. The maximum Gasteiger partial charge on any atom is 0.256 e. The summed E-state index contributed by atoms with van der Waals surface area (Å²) in [5.41, 5.74) is 6.39. The lowest BCUT2D eigenvalue weighted by Crippen LogP contribution is -2.56. The summed E-state index contributed by atoms with van der Waals surface area (Å²) in [6.45, 7) is 3.44. The Morgan fingerprint density at radius 1 is 1.11 bits per heavy atom. The normalized spacial score (nSPS) is 27.1. The standard InChI is InChI=1S/C18H23ClFN5O2.ClH/c19-11-1-2-12(14(20)9-11)17(26)24-5-7-25(8-6-24)18(27)16-13-10-21-4-3-15(13)22-23-16;/h1-2,9,13,15-16,21-23H,3-8,10H2;1H. The summed E-state index contributed by atoms with van der Waals surface area (Å²) in [5.74, 6) is -0.700. The number of nitrogens with zero attached hydrogens (tertiary/aromatic N) is 2. The summed E-state index contributed by atoms with van der Waals surface area (Å²) in [5, 5.41) is 3.60. The molecule has 0 spiro atoms. The number of piperidine rings is 1. The van der Waals surface area contributed by atoms with E-state index < -0.39 is 5.82 Å². The predicted octanol–water partition coefficient (Wildman–Crippen LogP) is 0.640. The SMILES string of the molecule is Cl.O=C(c1ccc(Cl)cc1F)N1CCN(C(=O)C2NNC3CCNCC32)CC1. The molecule has 154 valence electrons. The third kappa shape index (κ3) is 4.11. The molecule has 3 aliphatic heterocycles. The van der Waals surface area contributed by atoms with E-state index in [4.69, 9.17) is 11.6 Å². The van der Waals surface area contributed by atoms with Gasteiger partial charge in [0.1, 0.15) is 11.9 Å². The Balaban J connectivity index is 0.00000225. The van der Waals surface area contributed by atoms with Gasteiger partial charge in [-0.2, -0.15) is 0 Å². The first-order valence-electron chi connectivity index (χ1n) is 9.29. The van der Waals surface area contributed by atoms with E-state index in [-0.39, 0.29) is 46.8 Å². The number of hydrogen-bond acceptors (Lipinski definition) is 5. The molecule has 0 aromatic heterocycles. The van der Waals surface area contributed by atoms with Gasteiger partial charge >= 0.3 is 0 Å². The van der Waals surface area contributed by atoms with Crippen LogP contribution >= 0.6 is 24.0 Å². The highest BCUT2D eigenvalue weighted by atomic mass is 35.5. The van der Waals surface area contributed by atoms with Crippen molar-refractivity contribution in [2.75, 3.05) is 39.3 Å². The van der Waals surface area contributed by atoms with Crippen molar-refractivity contribution in [2.45, 2.75) is 18.5 Å². The van der Waals surface area contributed by atoms with E-state index in [2.05, 4.69) is 16.2 Å². The first-order chi connectivity index (χ1) is 13.0. The van der Waals surface area contributed by atoms with Crippen LogP contribution in [0.15, 0.2) is 18.2 Å². The second kappa shape index (κ2) is 8.92. The van der Waals surface area contributed by atoms with Crippen LogP contribution in [0.5, 0.6) is 0 Å². The average Bonchev–Trinajstić information content (AvgIpc) is 3.11. The molecule has 3 N–H and O–H groups in total. The molecule has 4 rings (SSSR count). The zero-order valence-electron chi connectivity index (χ0n) is 15.3. The van der Waals surface area contributed by atoms with Crippen LogP contribution in [0, 0.1) is 11.7 Å². The minimum absolute atomic E-state index is 0. The van der Waals surface area contributed by atoms with Crippen molar-refractivity contribution < 1.29 is 14.0 Å². The summed E-state index contributed by atoms with van der Waals surface area (Å²) < 4.78 is 14.0. The maximum atomic E-state index is 14.0. The van der Waals surface area contributed by atoms with Crippen LogP contribution in [0.25, 0.3) is 0 Å². The number of hydrazine groups is 1. The van der Waals surface area contributed by atoms with Crippen molar-refractivity contribution in [3.05, 3.63) is 34.6 Å². The van der Waals surface area contributed by atoms with Gasteiger partial charge < -0.3 is 15.1 Å². The van der Waals surface area contributed by atoms with Crippen LogP contribution < -0.4 is 16.2 Å². The van der Waals surface area contributed by atoms with Crippen LogP contribution in [-0.2, 0) is 4.79 Å². The molecule has 3 atom stereocenters. The minimum atomic E-state index is -0.622. The smallest absolute Gasteiger partial charge is 0.256 e. The van der Waals surface area contributed by atoms with E-state index in [1.54, 1.807) is 9.80 Å². The van der Waals surface area contributed by atoms with Crippen LogP contribution in [0.1, 0.15) is 16.8 Å². The molecule has 0 aliphatic carbocycles. The molecule has 1 aromatic carbocycles. The Labute approximate surface area is 174 Å². The number of benzene rings is 1. The van der Waals surface area contributed by atoms with Crippen molar-refractivity contribution >= 4 is 35.8 Å². The zero-order chi connectivity index (χ0) is 19.0. The molecule has 3 heterocycles. The number of fused-ring (bicyclic) bond motifs is 1. The van der Waals surface area contributed by atoms with Gasteiger partial charge in [-0.25, -0.2) is 9.82 Å². The molecular weight excluding hydrogens is 408 g/mol. The second-order valence-electron chi connectivity index (χ2n) is 7.27. The number of carbonyl (C=O) groups is 2. The Morgan fingerprint density at radius 3 is 2.54 bits per heavy atom. The number of carbonyl (C=O) groups excluding carboxylic acids is 2. The molecule has 3 unspecified atom stereocenters. The molecule has 10 heteroatoms. The molecular formula is C18H24Cl2FN5O2. The molecule has 1 aromatic rings. The van der Waals surface area contributed by atoms with Crippen molar-refractivity contribution in [1.29, 1.82) is 0 Å². The van der Waals surface area contributed by atoms with E-state index in [1.807, 2.05) is 0 Å². The van der Waals surface area contributed by atoms with E-state index >= 15 is 0 Å². The third-order valence-corrected chi connectivity index (χ3v) is 5.92. The lowest BCUT2D eigenvalue weighted by Gasteiger charge is -2.37. The Hall–Kier alpha value is -1.45. The number of piperazine rings is 1. The first-order valence-corrected chi connectivity index (χ1v) is 9.67. The van der Waals surface area contributed by atoms with E-state index in [1.165, 1.54) is 12.1 Å². The molecule has 0 radical (unpaired) electrons. The number of amides is 2. The molecule has 3 saturated heterocycles. The topological polar surface area (TPSA) is 76.7 Å². The zero-order valence-corrected chi connectivity index (χ0v) is 16.9. The van der Waals surface area contributed by atoms with Crippen LogP contribution in [0.3, 0.4) is 0 Å². The quantitative estimate of drug-likeness (QED) is 0.640. The highest BCUT2D eigenvalue weighted by molar-refractivity contribution is 6.30. The monoisotopic (exact) mass is 431 g/mol. The molecule has 3 aliphatic rings. The molecule has 0 bridgehead atoms. The highest BCUT2D eigenvalue weighted by Gasteiger charge is 2.43. The maximum absolute atomic E-state index is 14.0. The molecule has 28 heavy (non-hydrogen) atoms. The van der Waals surface area contributed by atoms with Crippen LogP contribution in [0.2, 0.25) is 5.02 Å². The molecule has 7 nitrogen and oxygen atoms in total. The highest BCUT2D eigenvalue weighted by Crippen LogP contribution is 2.22. The Bertz CT molecular complexity index is 745. The van der Waals surface area contributed by atoms with Crippen molar-refractivity contribution in [3.8, 4) is 0 Å². The van der Waals surface area contributed by atoms with Crippen molar-refractivity contribution in [2.24, 2.45) is 5.92 Å². The molecule has 0 saturated carbocycles. The van der Waals surface area contributed by atoms with Gasteiger partial charge in [-0.15, -0.1) is 12.4 Å². The van der Waals surface area contributed by atoms with Crippen molar-refractivity contribution in [3.63, 3.8) is 0 Å². The fourth-order valence-corrected chi connectivity index (χ4v) is 4.28. The number of nitrogens with one attached hydrogen (secondary N) is 3. The summed E-state index contributed by atoms with van der Waals surface area (Å²) in [6, 6.07) is 4.11. The molecule has 3 fully saturated rings. The number of halogens is 3. The first kappa shape index (κ1) is 21.3. The van der Waals surface area contributed by atoms with Gasteiger partial charge in [0.2, 0.25) is 5.91 Å². The second-order valence-corrected chi connectivity index (χ2v) is 7.71. The lowest BCUT2D eigenvalue weighted by molar-refractivity contribution is -0.135.